The Morgan fingerprint density at radius 2 is 1.64 bits per heavy atom. The molecule has 0 N–H and O–H groups in total. The lowest BCUT2D eigenvalue weighted by Gasteiger charge is -2.12. The summed E-state index contributed by atoms with van der Waals surface area (Å²) in [6.07, 6.45) is 2.77. The minimum atomic E-state index is -0.624. The van der Waals surface area contributed by atoms with Crippen molar-refractivity contribution >= 4 is 0 Å². The van der Waals surface area contributed by atoms with Crippen molar-refractivity contribution in [2.45, 2.75) is 0 Å². The summed E-state index contributed by atoms with van der Waals surface area (Å²) in [4.78, 5) is 3.86. The minimum Gasteiger partial charge on any atom is -0.223 e. The van der Waals surface area contributed by atoms with Gasteiger partial charge in [0.25, 0.3) is 0 Å². The Bertz CT molecular complexity index is 917. The summed E-state index contributed by atoms with van der Waals surface area (Å²) in [5.41, 5.74) is 1.42. The predicted molar refractivity (Wildman–Crippen MR) is 76.2 cm³/mol. The fraction of sp³-hybridized carbons (Fsp3) is 0. The van der Waals surface area contributed by atoms with Gasteiger partial charge in [-0.25, -0.2) is 14.1 Å². The van der Waals surface area contributed by atoms with Gasteiger partial charge in [0.2, 0.25) is 0 Å². The molecular formula is C16H8FN5. The first-order valence-corrected chi connectivity index (χ1v) is 6.33. The average molecular weight is 289 g/mol. The van der Waals surface area contributed by atoms with Gasteiger partial charge >= 0.3 is 0 Å². The summed E-state index contributed by atoms with van der Waals surface area (Å²) in [6, 6.07) is 13.4. The van der Waals surface area contributed by atoms with E-state index in [-0.39, 0.29) is 11.1 Å². The smallest absolute Gasteiger partial charge is 0.148 e. The second-order valence-electron chi connectivity index (χ2n) is 4.43. The first-order chi connectivity index (χ1) is 10.8. The van der Waals surface area contributed by atoms with Crippen molar-refractivity contribution < 1.29 is 4.39 Å². The number of benzene rings is 2. The number of aromatic nitrogens is 3. The van der Waals surface area contributed by atoms with E-state index in [2.05, 4.69) is 16.2 Å². The summed E-state index contributed by atoms with van der Waals surface area (Å²) in [5, 5.41) is 22.3. The number of nitrogens with zero attached hydrogens (tertiary/aromatic N) is 5. The van der Waals surface area contributed by atoms with Gasteiger partial charge in [-0.15, -0.1) is 0 Å². The molecule has 0 aliphatic carbocycles. The maximum Gasteiger partial charge on any atom is 0.148 e. The highest BCUT2D eigenvalue weighted by Crippen LogP contribution is 2.31. The standard InChI is InChI=1S/C16H8FN5/c17-15-11(7-18)3-1-5-13(15)14-6-2-4-12(8-19)16(14)22-10-20-9-21-22/h1-6,9-10H. The van der Waals surface area contributed by atoms with Crippen LogP contribution in [0.25, 0.3) is 16.8 Å². The SMILES string of the molecule is N#Cc1cccc(-c2cccc(C#N)c2-n2cncn2)c1F. The zero-order valence-electron chi connectivity index (χ0n) is 11.2. The van der Waals surface area contributed by atoms with E-state index in [1.54, 1.807) is 30.3 Å². The monoisotopic (exact) mass is 289 g/mol. The van der Waals surface area contributed by atoms with Crippen LogP contribution in [0.3, 0.4) is 0 Å². The van der Waals surface area contributed by atoms with Crippen molar-refractivity contribution in [1.82, 2.24) is 14.8 Å². The largest absolute Gasteiger partial charge is 0.223 e. The van der Waals surface area contributed by atoms with E-state index in [1.807, 2.05) is 6.07 Å². The van der Waals surface area contributed by atoms with E-state index in [0.29, 0.717) is 16.8 Å². The molecule has 0 radical (unpaired) electrons. The second kappa shape index (κ2) is 5.47. The number of rotatable bonds is 2. The fourth-order valence-electron chi connectivity index (χ4n) is 2.25. The van der Waals surface area contributed by atoms with Gasteiger partial charge < -0.3 is 0 Å². The van der Waals surface area contributed by atoms with Crippen molar-refractivity contribution in [2.75, 3.05) is 0 Å². The maximum atomic E-state index is 14.5. The molecule has 0 aliphatic heterocycles. The molecule has 2 aromatic carbocycles. The molecule has 3 aromatic rings. The van der Waals surface area contributed by atoms with Crippen LogP contribution < -0.4 is 0 Å². The van der Waals surface area contributed by atoms with Crippen LogP contribution in [-0.4, -0.2) is 14.8 Å². The Labute approximate surface area is 125 Å². The lowest BCUT2D eigenvalue weighted by molar-refractivity contribution is 0.627. The minimum absolute atomic E-state index is 0.0515. The van der Waals surface area contributed by atoms with Crippen LogP contribution in [0, 0.1) is 28.5 Å². The second-order valence-corrected chi connectivity index (χ2v) is 4.43. The van der Waals surface area contributed by atoms with Gasteiger partial charge in [-0.2, -0.15) is 15.6 Å². The van der Waals surface area contributed by atoms with Gasteiger partial charge in [0.1, 0.15) is 30.6 Å². The molecule has 5 nitrogen and oxygen atoms in total. The van der Waals surface area contributed by atoms with Gasteiger partial charge in [-0.05, 0) is 12.1 Å². The van der Waals surface area contributed by atoms with Gasteiger partial charge in [0.15, 0.2) is 0 Å². The highest BCUT2D eigenvalue weighted by atomic mass is 19.1. The average Bonchev–Trinajstić information content (AvgIpc) is 3.08. The molecule has 22 heavy (non-hydrogen) atoms. The Kier molecular flexibility index (Phi) is 3.35. The summed E-state index contributed by atoms with van der Waals surface area (Å²) < 4.78 is 15.9. The summed E-state index contributed by atoms with van der Waals surface area (Å²) in [7, 11) is 0. The van der Waals surface area contributed by atoms with Crippen molar-refractivity contribution in [3.63, 3.8) is 0 Å². The Morgan fingerprint density at radius 3 is 2.27 bits per heavy atom. The maximum absolute atomic E-state index is 14.5. The summed E-state index contributed by atoms with van der Waals surface area (Å²) >= 11 is 0. The number of hydrogen-bond acceptors (Lipinski definition) is 4. The molecule has 0 spiro atoms. The third-order valence-corrected chi connectivity index (χ3v) is 3.21. The van der Waals surface area contributed by atoms with E-state index in [4.69, 9.17) is 5.26 Å². The quantitative estimate of drug-likeness (QED) is 0.726. The Balaban J connectivity index is 2.35. The molecule has 3 rings (SSSR count). The normalized spacial score (nSPS) is 9.95. The Hall–Kier alpha value is -3.51. The van der Waals surface area contributed by atoms with Crippen LogP contribution in [0.5, 0.6) is 0 Å². The van der Waals surface area contributed by atoms with Crippen molar-refractivity contribution in [3.05, 3.63) is 66.0 Å². The van der Waals surface area contributed by atoms with Gasteiger partial charge in [0.05, 0.1) is 16.8 Å². The summed E-state index contributed by atoms with van der Waals surface area (Å²) in [6.45, 7) is 0. The van der Waals surface area contributed by atoms with E-state index in [1.165, 1.54) is 23.4 Å². The number of para-hydroxylation sites is 1. The number of nitriles is 2. The highest BCUT2D eigenvalue weighted by Gasteiger charge is 2.17. The predicted octanol–water partition coefficient (Wildman–Crippen LogP) is 2.82. The van der Waals surface area contributed by atoms with Crippen LogP contribution in [0.4, 0.5) is 4.39 Å². The first-order valence-electron chi connectivity index (χ1n) is 6.33. The van der Waals surface area contributed by atoms with E-state index < -0.39 is 5.82 Å². The molecule has 0 saturated heterocycles. The molecule has 1 aromatic heterocycles. The lowest BCUT2D eigenvalue weighted by Crippen LogP contribution is -2.02. The zero-order chi connectivity index (χ0) is 15.5. The molecule has 6 heteroatoms. The van der Waals surface area contributed by atoms with Crippen LogP contribution in [0.15, 0.2) is 49.1 Å². The molecule has 0 unspecified atom stereocenters. The Morgan fingerprint density at radius 1 is 0.955 bits per heavy atom. The summed E-state index contributed by atoms with van der Waals surface area (Å²) in [5.74, 6) is -0.624. The fourth-order valence-corrected chi connectivity index (χ4v) is 2.25. The van der Waals surface area contributed by atoms with E-state index in [0.717, 1.165) is 0 Å². The van der Waals surface area contributed by atoms with Crippen molar-refractivity contribution in [1.29, 1.82) is 10.5 Å². The molecule has 1 heterocycles. The highest BCUT2D eigenvalue weighted by molar-refractivity contribution is 5.77. The van der Waals surface area contributed by atoms with E-state index in [9.17, 15) is 9.65 Å². The third-order valence-electron chi connectivity index (χ3n) is 3.21. The molecule has 0 bridgehead atoms. The van der Waals surface area contributed by atoms with Crippen LogP contribution in [0.2, 0.25) is 0 Å². The van der Waals surface area contributed by atoms with Crippen molar-refractivity contribution in [3.8, 4) is 29.0 Å². The van der Waals surface area contributed by atoms with Crippen LogP contribution in [-0.2, 0) is 0 Å². The molecule has 0 atom stereocenters. The van der Waals surface area contributed by atoms with Crippen LogP contribution >= 0.6 is 0 Å². The number of hydrogen-bond donors (Lipinski definition) is 0. The van der Waals surface area contributed by atoms with Crippen molar-refractivity contribution in [2.24, 2.45) is 0 Å². The molecule has 0 fully saturated rings. The molecule has 0 saturated carbocycles. The van der Waals surface area contributed by atoms with Gasteiger partial charge in [-0.3, -0.25) is 0 Å². The van der Waals surface area contributed by atoms with Gasteiger partial charge in [-0.1, -0.05) is 24.3 Å². The van der Waals surface area contributed by atoms with Gasteiger partial charge in [0, 0.05) is 11.1 Å². The molecule has 104 valence electrons. The molecule has 0 amide bonds. The van der Waals surface area contributed by atoms with E-state index >= 15 is 0 Å². The molecule has 0 aliphatic rings. The first kappa shape index (κ1) is 13.5. The third kappa shape index (κ3) is 2.09. The number of halogens is 1. The molecular weight excluding hydrogens is 281 g/mol. The zero-order valence-corrected chi connectivity index (χ0v) is 11.2. The lowest BCUT2D eigenvalue weighted by atomic mass is 9.98. The van der Waals surface area contributed by atoms with Crippen LogP contribution in [0.1, 0.15) is 11.1 Å². The topological polar surface area (TPSA) is 78.3 Å².